The van der Waals surface area contributed by atoms with Crippen LogP contribution in [0.15, 0.2) is 24.3 Å². The molecule has 2 aliphatic heterocycles. The van der Waals surface area contributed by atoms with Crippen LogP contribution in [0.1, 0.15) is 29.6 Å². The highest BCUT2D eigenvalue weighted by molar-refractivity contribution is 5.94. The number of carbonyl (C=O) groups is 1. The maximum atomic E-state index is 12.9. The monoisotopic (exact) mass is 262 g/mol. The molecule has 0 spiro atoms. The van der Waals surface area contributed by atoms with Gasteiger partial charge in [0.15, 0.2) is 0 Å². The minimum atomic E-state index is -0.301. The molecule has 0 aliphatic carbocycles. The third kappa shape index (κ3) is 2.63. The van der Waals surface area contributed by atoms with E-state index in [0.717, 1.165) is 19.6 Å². The summed E-state index contributed by atoms with van der Waals surface area (Å²) in [4.78, 5) is 14.3. The summed E-state index contributed by atoms with van der Waals surface area (Å²) in [6.07, 6.45) is 3.68. The maximum Gasteiger partial charge on any atom is 0.253 e. The highest BCUT2D eigenvalue weighted by atomic mass is 19.1. The molecule has 2 saturated heterocycles. The number of benzene rings is 1. The average molecular weight is 262 g/mol. The summed E-state index contributed by atoms with van der Waals surface area (Å²) in [5.41, 5.74) is 0.581. The van der Waals surface area contributed by atoms with Crippen LogP contribution in [-0.2, 0) is 0 Å². The predicted octanol–water partition coefficient (Wildman–Crippen LogP) is 2.04. The molecule has 2 atom stereocenters. The molecule has 1 aromatic carbocycles. The van der Waals surface area contributed by atoms with Gasteiger partial charge in [-0.3, -0.25) is 4.79 Å². The van der Waals surface area contributed by atoms with Crippen molar-refractivity contribution in [3.8, 4) is 0 Å². The number of hydrogen-bond donors (Lipinski definition) is 1. The molecule has 2 fully saturated rings. The molecule has 2 heterocycles. The number of hydrogen-bond acceptors (Lipinski definition) is 2. The fraction of sp³-hybridized carbons (Fsp3) is 0.533. The lowest BCUT2D eigenvalue weighted by molar-refractivity contribution is 0.0784. The van der Waals surface area contributed by atoms with Crippen molar-refractivity contribution in [1.82, 2.24) is 10.2 Å². The molecule has 1 aromatic rings. The minimum absolute atomic E-state index is 0.0230. The molecular weight excluding hydrogens is 243 g/mol. The van der Waals surface area contributed by atoms with Crippen LogP contribution in [0.25, 0.3) is 0 Å². The van der Waals surface area contributed by atoms with E-state index in [1.165, 1.54) is 31.4 Å². The molecule has 0 bridgehead atoms. The van der Waals surface area contributed by atoms with Crippen LogP contribution in [0, 0.1) is 11.7 Å². The normalized spacial score (nSPS) is 26.9. The Morgan fingerprint density at radius 1 is 1.21 bits per heavy atom. The Balaban J connectivity index is 1.70. The number of likely N-dealkylation sites (tertiary alicyclic amines) is 1. The van der Waals surface area contributed by atoms with Gasteiger partial charge in [0.1, 0.15) is 5.82 Å². The first-order chi connectivity index (χ1) is 9.24. The van der Waals surface area contributed by atoms with E-state index in [2.05, 4.69) is 5.32 Å². The zero-order valence-corrected chi connectivity index (χ0v) is 10.9. The van der Waals surface area contributed by atoms with Crippen LogP contribution in [0.4, 0.5) is 4.39 Å². The minimum Gasteiger partial charge on any atom is -0.337 e. The molecule has 102 valence electrons. The molecule has 19 heavy (non-hydrogen) atoms. The molecule has 1 N–H and O–H groups in total. The van der Waals surface area contributed by atoms with E-state index in [1.54, 1.807) is 12.1 Å². The van der Waals surface area contributed by atoms with Crippen molar-refractivity contribution in [2.24, 2.45) is 5.92 Å². The van der Waals surface area contributed by atoms with Crippen LogP contribution < -0.4 is 5.32 Å². The summed E-state index contributed by atoms with van der Waals surface area (Å²) in [5, 5.41) is 3.54. The molecule has 0 unspecified atom stereocenters. The largest absolute Gasteiger partial charge is 0.337 e. The molecule has 4 heteroatoms. The molecule has 0 radical (unpaired) electrons. The van der Waals surface area contributed by atoms with Crippen molar-refractivity contribution in [3.63, 3.8) is 0 Å². The SMILES string of the molecule is O=C(c1ccc(F)cc1)N1C[C@@H]2CCCCN[C@@H]2C1. The van der Waals surface area contributed by atoms with Crippen LogP contribution in [0.3, 0.4) is 0 Å². The fourth-order valence-electron chi connectivity index (χ4n) is 3.15. The number of rotatable bonds is 1. The topological polar surface area (TPSA) is 32.3 Å². The van der Waals surface area contributed by atoms with Gasteiger partial charge in [-0.2, -0.15) is 0 Å². The number of halogens is 1. The van der Waals surface area contributed by atoms with E-state index in [-0.39, 0.29) is 11.7 Å². The smallest absolute Gasteiger partial charge is 0.253 e. The van der Waals surface area contributed by atoms with Gasteiger partial charge in [-0.05, 0) is 49.6 Å². The Labute approximate surface area is 112 Å². The average Bonchev–Trinajstić information content (AvgIpc) is 2.70. The third-order valence-corrected chi connectivity index (χ3v) is 4.23. The van der Waals surface area contributed by atoms with Gasteiger partial charge in [0.05, 0.1) is 0 Å². The second kappa shape index (κ2) is 5.29. The molecule has 3 nitrogen and oxygen atoms in total. The van der Waals surface area contributed by atoms with Crippen molar-refractivity contribution in [2.45, 2.75) is 25.3 Å². The van der Waals surface area contributed by atoms with Gasteiger partial charge in [0.2, 0.25) is 0 Å². The number of carbonyl (C=O) groups excluding carboxylic acids is 1. The van der Waals surface area contributed by atoms with Crippen molar-refractivity contribution < 1.29 is 9.18 Å². The van der Waals surface area contributed by atoms with Crippen molar-refractivity contribution in [1.29, 1.82) is 0 Å². The first-order valence-corrected chi connectivity index (χ1v) is 7.02. The van der Waals surface area contributed by atoms with E-state index in [1.807, 2.05) is 4.90 Å². The molecule has 1 amide bonds. The Bertz CT molecular complexity index is 446. The van der Waals surface area contributed by atoms with E-state index < -0.39 is 0 Å². The number of amides is 1. The summed E-state index contributed by atoms with van der Waals surface area (Å²) in [7, 11) is 0. The Morgan fingerprint density at radius 2 is 2.00 bits per heavy atom. The van der Waals surface area contributed by atoms with Crippen LogP contribution in [0.5, 0.6) is 0 Å². The van der Waals surface area contributed by atoms with Gasteiger partial charge < -0.3 is 10.2 Å². The van der Waals surface area contributed by atoms with Gasteiger partial charge in [-0.1, -0.05) is 6.42 Å². The van der Waals surface area contributed by atoms with Crippen LogP contribution in [-0.4, -0.2) is 36.5 Å². The molecule has 0 aromatic heterocycles. The number of nitrogens with one attached hydrogen (secondary N) is 1. The second-order valence-electron chi connectivity index (χ2n) is 5.53. The van der Waals surface area contributed by atoms with E-state index >= 15 is 0 Å². The highest BCUT2D eigenvalue weighted by Gasteiger charge is 2.35. The molecular formula is C15H19FN2O. The van der Waals surface area contributed by atoms with E-state index in [4.69, 9.17) is 0 Å². The van der Waals surface area contributed by atoms with Gasteiger partial charge in [-0.15, -0.1) is 0 Å². The lowest BCUT2D eigenvalue weighted by atomic mass is 9.99. The number of nitrogens with zero attached hydrogens (tertiary/aromatic N) is 1. The first kappa shape index (κ1) is 12.6. The summed E-state index contributed by atoms with van der Waals surface area (Å²) in [6, 6.07) is 6.27. The lowest BCUT2D eigenvalue weighted by Crippen LogP contribution is -2.36. The van der Waals surface area contributed by atoms with Gasteiger partial charge in [-0.25, -0.2) is 4.39 Å². The molecule has 2 aliphatic rings. The van der Waals surface area contributed by atoms with E-state index in [9.17, 15) is 9.18 Å². The zero-order valence-electron chi connectivity index (χ0n) is 10.9. The van der Waals surface area contributed by atoms with E-state index in [0.29, 0.717) is 17.5 Å². The van der Waals surface area contributed by atoms with Gasteiger partial charge in [0, 0.05) is 24.7 Å². The molecule has 3 rings (SSSR count). The predicted molar refractivity (Wildman–Crippen MR) is 71.4 cm³/mol. The van der Waals surface area contributed by atoms with Crippen LogP contribution >= 0.6 is 0 Å². The Hall–Kier alpha value is -1.42. The molecule has 0 saturated carbocycles. The second-order valence-corrected chi connectivity index (χ2v) is 5.53. The lowest BCUT2D eigenvalue weighted by Gasteiger charge is -2.17. The first-order valence-electron chi connectivity index (χ1n) is 7.02. The maximum absolute atomic E-state index is 12.9. The summed E-state index contributed by atoms with van der Waals surface area (Å²) < 4.78 is 12.9. The van der Waals surface area contributed by atoms with Crippen molar-refractivity contribution >= 4 is 5.91 Å². The highest BCUT2D eigenvalue weighted by Crippen LogP contribution is 2.26. The van der Waals surface area contributed by atoms with Gasteiger partial charge in [0.25, 0.3) is 5.91 Å². The summed E-state index contributed by atoms with van der Waals surface area (Å²) >= 11 is 0. The summed E-state index contributed by atoms with van der Waals surface area (Å²) in [5.74, 6) is 0.298. The number of fused-ring (bicyclic) bond motifs is 1. The zero-order chi connectivity index (χ0) is 13.2. The van der Waals surface area contributed by atoms with Gasteiger partial charge >= 0.3 is 0 Å². The Kier molecular flexibility index (Phi) is 3.51. The van der Waals surface area contributed by atoms with Crippen molar-refractivity contribution in [2.75, 3.05) is 19.6 Å². The quantitative estimate of drug-likeness (QED) is 0.840. The standard InChI is InChI=1S/C15H19FN2O/c16-13-6-4-11(5-7-13)15(19)18-9-12-3-1-2-8-17-14(12)10-18/h4-7,12,14,17H,1-3,8-10H2/t12-,14+/m0/s1. The third-order valence-electron chi connectivity index (χ3n) is 4.23. The van der Waals surface area contributed by atoms with Crippen molar-refractivity contribution in [3.05, 3.63) is 35.6 Å². The van der Waals surface area contributed by atoms with Crippen LogP contribution in [0.2, 0.25) is 0 Å². The fourth-order valence-corrected chi connectivity index (χ4v) is 3.15. The Morgan fingerprint density at radius 3 is 2.79 bits per heavy atom. The summed E-state index contributed by atoms with van der Waals surface area (Å²) in [6.45, 7) is 2.66.